The highest BCUT2D eigenvalue weighted by Gasteiger charge is 2.15. The number of pyridine rings is 4. The van der Waals surface area contributed by atoms with Gasteiger partial charge in [-0.05, 0) is 87.6 Å². The summed E-state index contributed by atoms with van der Waals surface area (Å²) in [6.07, 6.45) is 8.23. The highest BCUT2D eigenvalue weighted by molar-refractivity contribution is 6.14. The predicted octanol–water partition coefficient (Wildman–Crippen LogP) is 9.33. The van der Waals surface area contributed by atoms with E-state index in [-0.39, 0.29) is 0 Å². The molecule has 0 saturated heterocycles. The molecule has 9 rings (SSSR count). The van der Waals surface area contributed by atoms with E-state index in [1.807, 2.05) is 44.7 Å². The molecule has 246 valence electrons. The molecule has 50 heavy (non-hydrogen) atoms. The maximum Gasteiger partial charge on any atom is 0.0822 e. The number of hydrogen-bond acceptors (Lipinski definition) is 6. The van der Waals surface area contributed by atoms with Gasteiger partial charge in [-0.15, -0.1) is 0 Å². The quantitative estimate of drug-likeness (QED) is 0.0968. The fourth-order valence-electron chi connectivity index (χ4n) is 7.33. The van der Waals surface area contributed by atoms with Crippen LogP contribution in [0, 0.1) is 0 Å². The van der Waals surface area contributed by atoms with Gasteiger partial charge in [0.1, 0.15) is 0 Å². The summed E-state index contributed by atoms with van der Waals surface area (Å²) >= 11 is 0. The number of nitrogens with one attached hydrogen (secondary N) is 2. The van der Waals surface area contributed by atoms with E-state index in [1.54, 1.807) is 0 Å². The Hall–Kier alpha value is -5.56. The van der Waals surface area contributed by atoms with Crippen molar-refractivity contribution in [1.82, 2.24) is 30.6 Å². The van der Waals surface area contributed by atoms with Crippen LogP contribution in [0.15, 0.2) is 122 Å². The average Bonchev–Trinajstić information content (AvgIpc) is 3.17. The van der Waals surface area contributed by atoms with Gasteiger partial charge >= 0.3 is 0 Å². The maximum absolute atomic E-state index is 5.17. The van der Waals surface area contributed by atoms with Crippen LogP contribution in [0.3, 0.4) is 0 Å². The fraction of sp³-hybridized carbons (Fsp3) is 0.182. The van der Waals surface area contributed by atoms with Gasteiger partial charge in [-0.1, -0.05) is 91.0 Å². The highest BCUT2D eigenvalue weighted by Crippen LogP contribution is 2.34. The van der Waals surface area contributed by atoms with Gasteiger partial charge in [0.15, 0.2) is 0 Å². The largest absolute Gasteiger partial charge is 0.320 e. The third-order valence-electron chi connectivity index (χ3n) is 9.76. The highest BCUT2D eigenvalue weighted by atomic mass is 14.8. The standard InChI is InChI=1S/C24H21N3.C20H19N3/c1-25-14-6-10-18-19-13-12-16-7-2-3-8-17(16)23(19)27-24-20-9-4-5-11-22(20)26-15-21(18)24;1-21-12-6-9-14-15-7-2-5-11-19(15)23-20-16-8-3-4-10-18(16)22-13-17(14)20/h2-5,7-9,11-13,15,25H,6,10,14H2,1H3;2-5,7-8,10-11,13,21H,6,9,12H2,1H3. The molecule has 6 heteroatoms. The Morgan fingerprint density at radius 1 is 0.420 bits per heavy atom. The smallest absolute Gasteiger partial charge is 0.0822 e. The lowest BCUT2D eigenvalue weighted by Gasteiger charge is -2.14. The Kier molecular flexibility index (Phi) is 8.95. The number of benzene rings is 5. The molecule has 0 bridgehead atoms. The molecule has 0 atom stereocenters. The first kappa shape index (κ1) is 31.7. The van der Waals surface area contributed by atoms with Crippen molar-refractivity contribution in [2.24, 2.45) is 0 Å². The monoisotopic (exact) mass is 652 g/mol. The van der Waals surface area contributed by atoms with Gasteiger partial charge in [-0.2, -0.15) is 0 Å². The normalized spacial score (nSPS) is 11.6. The third kappa shape index (κ3) is 5.87. The van der Waals surface area contributed by atoms with Crippen LogP contribution in [0.25, 0.3) is 76.2 Å². The summed E-state index contributed by atoms with van der Waals surface area (Å²) in [6.45, 7) is 2.01. The van der Waals surface area contributed by atoms with Crippen LogP contribution in [0.1, 0.15) is 24.0 Å². The van der Waals surface area contributed by atoms with Gasteiger partial charge in [0, 0.05) is 50.1 Å². The molecule has 0 unspecified atom stereocenters. The summed E-state index contributed by atoms with van der Waals surface area (Å²) in [5.74, 6) is 0. The van der Waals surface area contributed by atoms with Gasteiger partial charge in [0.05, 0.1) is 33.1 Å². The minimum Gasteiger partial charge on any atom is -0.320 e. The van der Waals surface area contributed by atoms with Crippen molar-refractivity contribution in [1.29, 1.82) is 0 Å². The van der Waals surface area contributed by atoms with E-state index >= 15 is 0 Å². The summed E-state index contributed by atoms with van der Waals surface area (Å²) in [5.41, 5.74) is 9.00. The number of aryl methyl sites for hydroxylation is 2. The zero-order valence-corrected chi connectivity index (χ0v) is 28.6. The molecule has 0 amide bonds. The van der Waals surface area contributed by atoms with Crippen molar-refractivity contribution in [3.8, 4) is 0 Å². The van der Waals surface area contributed by atoms with E-state index in [2.05, 4.69) is 107 Å². The van der Waals surface area contributed by atoms with Crippen LogP contribution in [0.5, 0.6) is 0 Å². The molecule has 0 radical (unpaired) electrons. The number of hydrogen-bond donors (Lipinski definition) is 2. The molecule has 0 aliphatic carbocycles. The number of rotatable bonds is 8. The Morgan fingerprint density at radius 3 is 1.52 bits per heavy atom. The predicted molar refractivity (Wildman–Crippen MR) is 211 cm³/mol. The first-order valence-electron chi connectivity index (χ1n) is 17.6. The number of para-hydroxylation sites is 3. The van der Waals surface area contributed by atoms with Gasteiger partial charge < -0.3 is 10.6 Å². The second kappa shape index (κ2) is 14.1. The van der Waals surface area contributed by atoms with Crippen molar-refractivity contribution in [3.63, 3.8) is 0 Å². The van der Waals surface area contributed by atoms with E-state index < -0.39 is 0 Å². The van der Waals surface area contributed by atoms with E-state index in [4.69, 9.17) is 15.0 Å². The molecule has 0 fully saturated rings. The number of aromatic nitrogens is 4. The molecule has 0 saturated carbocycles. The third-order valence-corrected chi connectivity index (χ3v) is 9.76. The fourth-order valence-corrected chi connectivity index (χ4v) is 7.33. The van der Waals surface area contributed by atoms with Crippen molar-refractivity contribution in [2.75, 3.05) is 27.2 Å². The van der Waals surface area contributed by atoms with Crippen molar-refractivity contribution in [2.45, 2.75) is 25.7 Å². The molecule has 6 nitrogen and oxygen atoms in total. The maximum atomic E-state index is 5.17. The summed E-state index contributed by atoms with van der Waals surface area (Å²) in [7, 11) is 4.00. The van der Waals surface area contributed by atoms with Crippen LogP contribution in [-0.2, 0) is 12.8 Å². The summed E-state index contributed by atoms with van der Waals surface area (Å²) in [5, 5.41) is 16.0. The van der Waals surface area contributed by atoms with Crippen molar-refractivity contribution >= 4 is 76.2 Å². The molecular weight excluding hydrogens is 613 g/mol. The number of fused-ring (bicyclic) bond motifs is 10. The minimum absolute atomic E-state index is 0.998. The summed E-state index contributed by atoms with van der Waals surface area (Å²) < 4.78 is 0. The molecule has 4 heterocycles. The molecule has 2 N–H and O–H groups in total. The SMILES string of the molecule is CNCCCc1c2ccc3ccccc3c2nc2c1cnc1ccccc12.CNCCCc1c2ccccc2nc2c1cnc1ccccc12. The van der Waals surface area contributed by atoms with E-state index in [9.17, 15) is 0 Å². The second-order valence-electron chi connectivity index (χ2n) is 12.9. The van der Waals surface area contributed by atoms with Gasteiger partial charge in [0.25, 0.3) is 0 Å². The molecule has 0 aliphatic heterocycles. The molecule has 9 aromatic rings. The van der Waals surface area contributed by atoms with Crippen LogP contribution in [0.2, 0.25) is 0 Å². The Labute approximate surface area is 291 Å². The molecular formula is C44H40N6. The zero-order chi connectivity index (χ0) is 33.9. The minimum atomic E-state index is 0.998. The first-order valence-corrected chi connectivity index (χ1v) is 17.6. The first-order chi connectivity index (χ1) is 24.7. The lowest BCUT2D eigenvalue weighted by Crippen LogP contribution is -2.09. The van der Waals surface area contributed by atoms with Crippen LogP contribution >= 0.6 is 0 Å². The van der Waals surface area contributed by atoms with Crippen LogP contribution in [-0.4, -0.2) is 47.1 Å². The van der Waals surface area contributed by atoms with Crippen LogP contribution < -0.4 is 10.6 Å². The van der Waals surface area contributed by atoms with E-state index in [1.165, 1.54) is 43.4 Å². The average molecular weight is 653 g/mol. The number of nitrogens with zero attached hydrogens (tertiary/aromatic N) is 4. The second-order valence-corrected chi connectivity index (χ2v) is 12.9. The van der Waals surface area contributed by atoms with Gasteiger partial charge in [0.2, 0.25) is 0 Å². The molecule has 4 aromatic heterocycles. The van der Waals surface area contributed by atoms with E-state index in [0.29, 0.717) is 0 Å². The summed E-state index contributed by atoms with van der Waals surface area (Å²) in [6, 6.07) is 37.9. The zero-order valence-electron chi connectivity index (χ0n) is 28.6. The lowest BCUT2D eigenvalue weighted by molar-refractivity contribution is 0.728. The van der Waals surface area contributed by atoms with Crippen LogP contribution in [0.4, 0.5) is 0 Å². The Bertz CT molecular complexity index is 2560. The topological polar surface area (TPSA) is 75.6 Å². The van der Waals surface area contributed by atoms with Crippen molar-refractivity contribution < 1.29 is 0 Å². The Balaban J connectivity index is 0.000000146. The lowest BCUT2D eigenvalue weighted by atomic mass is 9.96. The summed E-state index contributed by atoms with van der Waals surface area (Å²) in [4.78, 5) is 19.5. The van der Waals surface area contributed by atoms with Gasteiger partial charge in [-0.3, -0.25) is 9.97 Å². The Morgan fingerprint density at radius 2 is 0.900 bits per heavy atom. The molecule has 0 spiro atoms. The molecule has 5 aromatic carbocycles. The van der Waals surface area contributed by atoms with Gasteiger partial charge in [-0.25, -0.2) is 9.97 Å². The van der Waals surface area contributed by atoms with E-state index in [0.717, 1.165) is 82.6 Å². The van der Waals surface area contributed by atoms with Crippen molar-refractivity contribution in [3.05, 3.63) is 133 Å². The molecule has 0 aliphatic rings.